The molecule has 6 nitrogen and oxygen atoms in total. The second-order valence-electron chi connectivity index (χ2n) is 9.56. The Morgan fingerprint density at radius 3 is 1.21 bits per heavy atom. The van der Waals surface area contributed by atoms with Crippen LogP contribution in [0.5, 0.6) is 0 Å². The SMILES string of the molecule is CC1(C(=O)NC2C(C)(C)C(NC(=O)C3(C)COC3)C2(C)C)COC1. The molecule has 3 fully saturated rings. The van der Waals surface area contributed by atoms with Crippen molar-refractivity contribution >= 4 is 11.8 Å². The van der Waals surface area contributed by atoms with Crippen molar-refractivity contribution < 1.29 is 19.1 Å². The number of nitrogens with one attached hydrogen (secondary N) is 2. The Morgan fingerprint density at radius 2 is 1.00 bits per heavy atom. The van der Waals surface area contributed by atoms with E-state index in [2.05, 4.69) is 38.3 Å². The largest absolute Gasteiger partial charge is 0.379 e. The summed E-state index contributed by atoms with van der Waals surface area (Å²) in [6.45, 7) is 14.2. The van der Waals surface area contributed by atoms with E-state index in [9.17, 15) is 9.59 Å². The fourth-order valence-corrected chi connectivity index (χ4v) is 4.59. The average molecular weight is 338 g/mol. The summed E-state index contributed by atoms with van der Waals surface area (Å²) in [6, 6.07) is 0.0105. The van der Waals surface area contributed by atoms with E-state index in [0.717, 1.165) is 0 Å². The van der Waals surface area contributed by atoms with Crippen molar-refractivity contribution in [2.75, 3.05) is 26.4 Å². The highest BCUT2D eigenvalue weighted by molar-refractivity contribution is 5.85. The number of carbonyl (C=O) groups excluding carboxylic acids is 2. The maximum absolute atomic E-state index is 12.6. The third kappa shape index (κ3) is 2.37. The lowest BCUT2D eigenvalue weighted by Crippen LogP contribution is -2.79. The van der Waals surface area contributed by atoms with Gasteiger partial charge in [0.15, 0.2) is 0 Å². The molecule has 2 heterocycles. The molecule has 2 N–H and O–H groups in total. The van der Waals surface area contributed by atoms with Gasteiger partial charge in [-0.1, -0.05) is 27.7 Å². The summed E-state index contributed by atoms with van der Waals surface area (Å²) in [5.74, 6) is 0.0908. The summed E-state index contributed by atoms with van der Waals surface area (Å²) in [5.41, 5.74) is -1.26. The Bertz CT molecular complexity index is 499. The van der Waals surface area contributed by atoms with Crippen LogP contribution in [0.3, 0.4) is 0 Å². The van der Waals surface area contributed by atoms with E-state index < -0.39 is 10.8 Å². The number of hydrogen-bond acceptors (Lipinski definition) is 4. The van der Waals surface area contributed by atoms with E-state index in [1.165, 1.54) is 0 Å². The summed E-state index contributed by atoms with van der Waals surface area (Å²) in [6.07, 6.45) is 0. The molecule has 2 amide bonds. The molecule has 0 aromatic carbocycles. The first-order valence-corrected chi connectivity index (χ1v) is 8.71. The Kier molecular flexibility index (Phi) is 3.81. The lowest BCUT2D eigenvalue weighted by molar-refractivity contribution is -0.174. The first-order valence-electron chi connectivity index (χ1n) is 8.71. The third-order valence-electron chi connectivity index (χ3n) is 6.31. The van der Waals surface area contributed by atoms with Crippen molar-refractivity contribution in [1.82, 2.24) is 10.6 Å². The van der Waals surface area contributed by atoms with Crippen molar-refractivity contribution in [3.05, 3.63) is 0 Å². The van der Waals surface area contributed by atoms with Gasteiger partial charge in [0.05, 0.1) is 37.3 Å². The molecule has 0 spiro atoms. The van der Waals surface area contributed by atoms with Gasteiger partial charge >= 0.3 is 0 Å². The third-order valence-corrected chi connectivity index (χ3v) is 6.31. The van der Waals surface area contributed by atoms with E-state index in [4.69, 9.17) is 9.47 Å². The molecular formula is C18H30N2O4. The molecule has 3 aliphatic rings. The van der Waals surface area contributed by atoms with Gasteiger partial charge in [-0.15, -0.1) is 0 Å². The smallest absolute Gasteiger partial charge is 0.230 e. The van der Waals surface area contributed by atoms with Crippen molar-refractivity contribution in [2.24, 2.45) is 21.7 Å². The lowest BCUT2D eigenvalue weighted by Gasteiger charge is -2.65. The van der Waals surface area contributed by atoms with Crippen molar-refractivity contribution in [3.63, 3.8) is 0 Å². The van der Waals surface area contributed by atoms with Crippen molar-refractivity contribution in [1.29, 1.82) is 0 Å². The summed E-state index contributed by atoms with van der Waals surface area (Å²) >= 11 is 0. The van der Waals surface area contributed by atoms with E-state index >= 15 is 0 Å². The Hall–Kier alpha value is -1.14. The zero-order valence-electron chi connectivity index (χ0n) is 15.6. The van der Waals surface area contributed by atoms with E-state index in [1.54, 1.807) is 0 Å². The van der Waals surface area contributed by atoms with E-state index in [-0.39, 0.29) is 34.7 Å². The lowest BCUT2D eigenvalue weighted by atomic mass is 9.47. The zero-order chi connectivity index (χ0) is 18.0. The van der Waals surface area contributed by atoms with Crippen LogP contribution < -0.4 is 10.6 Å². The predicted molar refractivity (Wildman–Crippen MR) is 89.3 cm³/mol. The van der Waals surface area contributed by atoms with Crippen LogP contribution in [0, 0.1) is 21.7 Å². The van der Waals surface area contributed by atoms with Gasteiger partial charge in [-0.25, -0.2) is 0 Å². The second-order valence-corrected chi connectivity index (χ2v) is 9.56. The molecule has 0 aromatic heterocycles. The quantitative estimate of drug-likeness (QED) is 0.805. The molecule has 2 aliphatic heterocycles. The molecule has 2 saturated heterocycles. The van der Waals surface area contributed by atoms with Crippen LogP contribution in [0.1, 0.15) is 41.5 Å². The summed E-state index contributed by atoms with van der Waals surface area (Å²) in [4.78, 5) is 25.1. The molecule has 0 bridgehead atoms. The van der Waals surface area contributed by atoms with E-state index in [0.29, 0.717) is 26.4 Å². The van der Waals surface area contributed by atoms with Crippen LogP contribution in [0.25, 0.3) is 0 Å². The van der Waals surface area contributed by atoms with Gasteiger partial charge in [-0.05, 0) is 13.8 Å². The fourth-order valence-electron chi connectivity index (χ4n) is 4.59. The van der Waals surface area contributed by atoms with Crippen LogP contribution in [-0.4, -0.2) is 50.3 Å². The molecule has 0 unspecified atom stereocenters. The molecule has 0 aromatic rings. The number of hydrogen-bond donors (Lipinski definition) is 2. The predicted octanol–water partition coefficient (Wildman–Crippen LogP) is 1.09. The van der Waals surface area contributed by atoms with Crippen molar-refractivity contribution in [2.45, 2.75) is 53.6 Å². The van der Waals surface area contributed by atoms with Gasteiger partial charge in [0.25, 0.3) is 0 Å². The Labute approximate surface area is 144 Å². The molecule has 24 heavy (non-hydrogen) atoms. The van der Waals surface area contributed by atoms with Gasteiger partial charge in [-0.3, -0.25) is 9.59 Å². The van der Waals surface area contributed by atoms with Crippen LogP contribution in [-0.2, 0) is 19.1 Å². The van der Waals surface area contributed by atoms with Gasteiger partial charge in [0.1, 0.15) is 0 Å². The standard InChI is InChI=1S/C18H30N2O4/c1-15(2)11(19-13(21)17(5)7-23-8-17)16(3,4)12(15)20-14(22)18(6)9-24-10-18/h11-12H,7-10H2,1-6H3,(H,19,21)(H,20,22). The average Bonchev–Trinajstić information content (AvgIpc) is 2.43. The van der Waals surface area contributed by atoms with Crippen LogP contribution in [0.15, 0.2) is 0 Å². The van der Waals surface area contributed by atoms with Crippen LogP contribution in [0.4, 0.5) is 0 Å². The monoisotopic (exact) mass is 338 g/mol. The minimum absolute atomic E-state index is 0.00525. The molecule has 1 aliphatic carbocycles. The normalized spacial score (nSPS) is 34.1. The van der Waals surface area contributed by atoms with Gasteiger partial charge in [0, 0.05) is 22.9 Å². The minimum atomic E-state index is -0.419. The maximum Gasteiger partial charge on any atom is 0.230 e. The topological polar surface area (TPSA) is 76.7 Å². The molecule has 1 saturated carbocycles. The summed E-state index contributed by atoms with van der Waals surface area (Å²) < 4.78 is 10.4. The summed E-state index contributed by atoms with van der Waals surface area (Å²) in [7, 11) is 0. The number of carbonyl (C=O) groups is 2. The highest BCUT2D eigenvalue weighted by Crippen LogP contribution is 2.54. The Morgan fingerprint density at radius 1 is 0.708 bits per heavy atom. The van der Waals surface area contributed by atoms with E-state index in [1.807, 2.05) is 13.8 Å². The highest BCUT2D eigenvalue weighted by Gasteiger charge is 2.64. The first-order chi connectivity index (χ1) is 10.9. The number of ether oxygens (including phenoxy) is 2. The van der Waals surface area contributed by atoms with Gasteiger partial charge in [0.2, 0.25) is 11.8 Å². The molecule has 0 radical (unpaired) electrons. The molecular weight excluding hydrogens is 308 g/mol. The maximum atomic E-state index is 12.6. The van der Waals surface area contributed by atoms with Crippen molar-refractivity contribution in [3.8, 4) is 0 Å². The second kappa shape index (κ2) is 5.18. The minimum Gasteiger partial charge on any atom is -0.379 e. The molecule has 136 valence electrons. The van der Waals surface area contributed by atoms with Gasteiger partial charge < -0.3 is 20.1 Å². The van der Waals surface area contributed by atoms with Crippen LogP contribution in [0.2, 0.25) is 0 Å². The molecule has 3 rings (SSSR count). The molecule has 0 atom stereocenters. The highest BCUT2D eigenvalue weighted by atomic mass is 16.5. The van der Waals surface area contributed by atoms with Gasteiger partial charge in [-0.2, -0.15) is 0 Å². The zero-order valence-corrected chi connectivity index (χ0v) is 15.6. The van der Waals surface area contributed by atoms with Crippen LogP contribution >= 0.6 is 0 Å². The first kappa shape index (κ1) is 17.7. The Balaban J connectivity index is 1.68. The number of amides is 2. The summed E-state index contributed by atoms with van der Waals surface area (Å²) in [5, 5.41) is 6.43. The molecule has 6 heteroatoms. The fraction of sp³-hybridized carbons (Fsp3) is 0.889. The number of rotatable bonds is 4.